The van der Waals surface area contributed by atoms with Gasteiger partial charge in [0.2, 0.25) is 16.6 Å². The third-order valence-corrected chi connectivity index (χ3v) is 3.78. The molecular weight excluding hydrogens is 272 g/mol. The van der Waals surface area contributed by atoms with Crippen LogP contribution in [0.5, 0.6) is 0 Å². The van der Waals surface area contributed by atoms with E-state index in [2.05, 4.69) is 26.6 Å². The zero-order valence-corrected chi connectivity index (χ0v) is 15.6. The molecule has 0 atom stereocenters. The van der Waals surface area contributed by atoms with E-state index in [1.54, 1.807) is 0 Å². The van der Waals surface area contributed by atoms with E-state index in [1.807, 2.05) is 25.7 Å². The summed E-state index contributed by atoms with van der Waals surface area (Å²) in [4.78, 5) is 12.1. The Balaban J connectivity index is 4.71. The van der Waals surface area contributed by atoms with Crippen LogP contribution in [0.3, 0.4) is 0 Å². The molecule has 5 heteroatoms. The van der Waals surface area contributed by atoms with Gasteiger partial charge in [0.25, 0.3) is 0 Å². The van der Waals surface area contributed by atoms with Gasteiger partial charge in [-0.25, -0.2) is 4.79 Å². The molecule has 0 radical (unpaired) electrons. The molecule has 0 N–H and O–H groups in total. The summed E-state index contributed by atoms with van der Waals surface area (Å²) < 4.78 is 11.4. The minimum atomic E-state index is -1.87. The largest absolute Gasteiger partial charge is 0.540 e. The molecular formula is C14H30O3Si2. The summed E-state index contributed by atoms with van der Waals surface area (Å²) in [5, 5.41) is 0. The van der Waals surface area contributed by atoms with E-state index in [9.17, 15) is 4.79 Å². The van der Waals surface area contributed by atoms with E-state index in [4.69, 9.17) is 8.85 Å². The van der Waals surface area contributed by atoms with Crippen LogP contribution in [-0.2, 0) is 13.6 Å². The van der Waals surface area contributed by atoms with Crippen molar-refractivity contribution in [3.63, 3.8) is 0 Å². The SMILES string of the molecule is CCCCC/C=C(\O[Si](C)(C)C)C(=O)O[Si](C)(C)C. The Kier molecular flexibility index (Phi) is 7.66. The Bertz CT molecular complexity index is 312. The van der Waals surface area contributed by atoms with Crippen LogP contribution in [0.1, 0.15) is 32.6 Å². The van der Waals surface area contributed by atoms with Crippen LogP contribution >= 0.6 is 0 Å². The van der Waals surface area contributed by atoms with Gasteiger partial charge in [0, 0.05) is 0 Å². The summed E-state index contributed by atoms with van der Waals surface area (Å²) in [6.07, 6.45) is 6.25. The monoisotopic (exact) mass is 302 g/mol. The number of carbonyl (C=O) groups is 1. The van der Waals surface area contributed by atoms with Crippen LogP contribution in [0.25, 0.3) is 0 Å². The Hall–Kier alpha value is -0.556. The average Bonchev–Trinajstić information content (AvgIpc) is 2.18. The fourth-order valence-corrected chi connectivity index (χ4v) is 2.94. The Labute approximate surface area is 120 Å². The molecule has 0 aromatic carbocycles. The fraction of sp³-hybridized carbons (Fsp3) is 0.786. The van der Waals surface area contributed by atoms with Crippen LogP contribution < -0.4 is 0 Å². The van der Waals surface area contributed by atoms with E-state index in [1.165, 1.54) is 12.8 Å². The molecule has 0 bridgehead atoms. The Morgan fingerprint density at radius 1 is 0.947 bits per heavy atom. The zero-order chi connectivity index (χ0) is 15.1. The highest BCUT2D eigenvalue weighted by molar-refractivity contribution is 6.72. The van der Waals surface area contributed by atoms with E-state index >= 15 is 0 Å². The molecule has 0 aliphatic heterocycles. The minimum Gasteiger partial charge on any atom is -0.540 e. The van der Waals surface area contributed by atoms with Gasteiger partial charge in [-0.3, -0.25) is 0 Å². The average molecular weight is 303 g/mol. The smallest absolute Gasteiger partial charge is 0.358 e. The first kappa shape index (κ1) is 18.4. The Morgan fingerprint density at radius 2 is 1.47 bits per heavy atom. The lowest BCUT2D eigenvalue weighted by Gasteiger charge is -2.24. The maximum Gasteiger partial charge on any atom is 0.358 e. The molecule has 0 rings (SSSR count). The number of carbonyl (C=O) groups excluding carboxylic acids is 1. The number of rotatable bonds is 8. The third-order valence-electron chi connectivity index (χ3n) is 2.15. The lowest BCUT2D eigenvalue weighted by atomic mass is 10.2. The molecule has 3 nitrogen and oxygen atoms in total. The molecule has 19 heavy (non-hydrogen) atoms. The highest BCUT2D eigenvalue weighted by atomic mass is 28.4. The second kappa shape index (κ2) is 7.89. The molecule has 0 unspecified atom stereocenters. The second-order valence-corrected chi connectivity index (χ2v) is 15.6. The fourth-order valence-electron chi connectivity index (χ4n) is 1.45. The van der Waals surface area contributed by atoms with E-state index in [-0.39, 0.29) is 5.97 Å². The maximum atomic E-state index is 12.1. The van der Waals surface area contributed by atoms with Crippen molar-refractivity contribution in [3.8, 4) is 0 Å². The minimum absolute atomic E-state index is 0.280. The molecule has 0 saturated carbocycles. The Morgan fingerprint density at radius 3 is 1.89 bits per heavy atom. The summed E-state index contributed by atoms with van der Waals surface area (Å²) >= 11 is 0. The van der Waals surface area contributed by atoms with Crippen LogP contribution in [0.15, 0.2) is 11.8 Å². The molecule has 112 valence electrons. The first-order chi connectivity index (χ1) is 8.55. The molecule has 0 amide bonds. The lowest BCUT2D eigenvalue weighted by Crippen LogP contribution is -2.34. The maximum absolute atomic E-state index is 12.1. The van der Waals surface area contributed by atoms with Gasteiger partial charge in [-0.15, -0.1) is 0 Å². The van der Waals surface area contributed by atoms with E-state index in [0.717, 1.165) is 12.8 Å². The molecule has 0 saturated heterocycles. The van der Waals surface area contributed by atoms with Gasteiger partial charge >= 0.3 is 5.97 Å². The highest BCUT2D eigenvalue weighted by Crippen LogP contribution is 2.16. The van der Waals surface area contributed by atoms with Gasteiger partial charge in [-0.05, 0) is 58.2 Å². The third kappa shape index (κ3) is 11.0. The van der Waals surface area contributed by atoms with Crippen molar-refractivity contribution < 1.29 is 13.6 Å². The summed E-state index contributed by atoms with van der Waals surface area (Å²) in [5.74, 6) is 0.149. The quantitative estimate of drug-likeness (QED) is 0.283. The van der Waals surface area contributed by atoms with Gasteiger partial charge < -0.3 is 8.85 Å². The zero-order valence-electron chi connectivity index (χ0n) is 13.6. The molecule has 0 spiro atoms. The normalized spacial score (nSPS) is 13.3. The van der Waals surface area contributed by atoms with Crippen molar-refractivity contribution in [2.75, 3.05) is 0 Å². The van der Waals surface area contributed by atoms with Crippen molar-refractivity contribution in [1.82, 2.24) is 0 Å². The van der Waals surface area contributed by atoms with Crippen LogP contribution in [0.2, 0.25) is 39.3 Å². The van der Waals surface area contributed by atoms with Crippen molar-refractivity contribution in [2.24, 2.45) is 0 Å². The van der Waals surface area contributed by atoms with Crippen molar-refractivity contribution >= 4 is 22.6 Å². The van der Waals surface area contributed by atoms with Gasteiger partial charge in [0.15, 0.2) is 5.76 Å². The van der Waals surface area contributed by atoms with Crippen molar-refractivity contribution in [2.45, 2.75) is 71.9 Å². The van der Waals surface area contributed by atoms with Gasteiger partial charge in [-0.2, -0.15) is 0 Å². The highest BCUT2D eigenvalue weighted by Gasteiger charge is 2.27. The first-order valence-electron chi connectivity index (χ1n) is 7.17. The molecule has 0 aliphatic rings. The molecule has 0 aliphatic carbocycles. The number of hydrogen-bond donors (Lipinski definition) is 0. The molecule has 0 fully saturated rings. The van der Waals surface area contributed by atoms with Crippen molar-refractivity contribution in [3.05, 3.63) is 11.8 Å². The molecule has 0 heterocycles. The van der Waals surface area contributed by atoms with Crippen LogP contribution in [-0.4, -0.2) is 22.6 Å². The van der Waals surface area contributed by atoms with Gasteiger partial charge in [-0.1, -0.05) is 19.8 Å². The van der Waals surface area contributed by atoms with E-state index < -0.39 is 16.6 Å². The molecule has 0 aromatic heterocycles. The van der Waals surface area contributed by atoms with Gasteiger partial charge in [0.1, 0.15) is 0 Å². The predicted octanol–water partition coefficient (Wildman–Crippen LogP) is 4.68. The van der Waals surface area contributed by atoms with E-state index in [0.29, 0.717) is 5.76 Å². The second-order valence-electron chi connectivity index (χ2n) is 6.78. The lowest BCUT2D eigenvalue weighted by molar-refractivity contribution is -0.133. The summed E-state index contributed by atoms with van der Waals surface area (Å²) in [7, 11) is -3.65. The summed E-state index contributed by atoms with van der Waals surface area (Å²) in [6.45, 7) is 14.4. The standard InChI is InChI=1S/C14H30O3Si2/c1-8-9-10-11-12-13(16-18(2,3)4)14(15)17-19(5,6)7/h12H,8-11H2,1-7H3/b13-12-. The topological polar surface area (TPSA) is 35.5 Å². The summed E-state index contributed by atoms with van der Waals surface area (Å²) in [6, 6.07) is 0. The number of unbranched alkanes of at least 4 members (excludes halogenated alkanes) is 3. The predicted molar refractivity (Wildman–Crippen MR) is 86.1 cm³/mol. The van der Waals surface area contributed by atoms with Crippen molar-refractivity contribution in [1.29, 1.82) is 0 Å². The molecule has 0 aromatic rings. The van der Waals surface area contributed by atoms with Crippen LogP contribution in [0, 0.1) is 0 Å². The summed E-state index contributed by atoms with van der Waals surface area (Å²) in [5.41, 5.74) is 0. The van der Waals surface area contributed by atoms with Gasteiger partial charge in [0.05, 0.1) is 0 Å². The number of allylic oxidation sites excluding steroid dienone is 1. The first-order valence-corrected chi connectivity index (χ1v) is 14.0. The van der Waals surface area contributed by atoms with Crippen LogP contribution in [0.4, 0.5) is 0 Å². The number of hydrogen-bond acceptors (Lipinski definition) is 3.